The molecule has 88 valence electrons. The molecule has 0 aliphatic rings. The van der Waals surface area contributed by atoms with Crippen LogP contribution in [0.4, 0.5) is 16.2 Å². The van der Waals surface area contributed by atoms with Gasteiger partial charge >= 0.3 is 6.09 Å². The fraction of sp³-hybridized carbons (Fsp3) is 0.364. The third-order valence-corrected chi connectivity index (χ3v) is 1.79. The predicted molar refractivity (Wildman–Crippen MR) is 63.8 cm³/mol. The molecule has 5 nitrogen and oxygen atoms in total. The summed E-state index contributed by atoms with van der Waals surface area (Å²) in [6.45, 7) is 5.31. The van der Waals surface area contributed by atoms with Crippen LogP contribution in [0.25, 0.3) is 0 Å². The van der Waals surface area contributed by atoms with Crippen LogP contribution in [-0.4, -0.2) is 11.7 Å². The van der Waals surface area contributed by atoms with E-state index in [0.29, 0.717) is 11.4 Å². The average Bonchev–Trinajstić information content (AvgIpc) is 2.15. The zero-order chi connectivity index (χ0) is 12.3. The van der Waals surface area contributed by atoms with E-state index in [2.05, 4.69) is 0 Å². The first-order chi connectivity index (χ1) is 7.31. The van der Waals surface area contributed by atoms with E-state index in [4.69, 9.17) is 16.3 Å². The Kier molecular flexibility index (Phi) is 3.39. The Morgan fingerprint density at radius 3 is 2.38 bits per heavy atom. The number of benzene rings is 1. The lowest BCUT2D eigenvalue weighted by Crippen LogP contribution is -2.42. The molecular formula is C11H17N3O2. The third-order valence-electron chi connectivity index (χ3n) is 1.79. The van der Waals surface area contributed by atoms with Crippen molar-refractivity contribution < 1.29 is 9.53 Å². The number of carbonyl (C=O) groups excluding carboxylic acids is 1. The standard InChI is InChI=1S/C11H17N3O2/c1-11(2,3)16-10(15)14(13)9-7-5-4-6-8(9)12/h4-7H,12-13H2,1-3H3. The Morgan fingerprint density at radius 1 is 1.31 bits per heavy atom. The van der Waals surface area contributed by atoms with Gasteiger partial charge in [0, 0.05) is 0 Å². The lowest BCUT2D eigenvalue weighted by molar-refractivity contribution is 0.0580. The van der Waals surface area contributed by atoms with Gasteiger partial charge in [0.1, 0.15) is 5.60 Å². The molecule has 0 aromatic heterocycles. The number of nitrogens with two attached hydrogens (primary N) is 2. The molecule has 0 heterocycles. The maximum absolute atomic E-state index is 11.6. The highest BCUT2D eigenvalue weighted by atomic mass is 16.6. The normalized spacial score (nSPS) is 11.0. The third kappa shape index (κ3) is 3.13. The highest BCUT2D eigenvalue weighted by Crippen LogP contribution is 2.21. The molecule has 0 aliphatic heterocycles. The highest BCUT2D eigenvalue weighted by molar-refractivity contribution is 5.90. The summed E-state index contributed by atoms with van der Waals surface area (Å²) in [7, 11) is 0. The van der Waals surface area contributed by atoms with Gasteiger partial charge in [-0.05, 0) is 32.9 Å². The summed E-state index contributed by atoms with van der Waals surface area (Å²) in [5.41, 5.74) is 5.96. The minimum Gasteiger partial charge on any atom is -0.442 e. The number of nitrogen functional groups attached to an aromatic ring is 1. The van der Waals surface area contributed by atoms with Crippen LogP contribution in [0.3, 0.4) is 0 Å². The largest absolute Gasteiger partial charge is 0.442 e. The Hall–Kier alpha value is -1.75. The molecule has 0 saturated carbocycles. The topological polar surface area (TPSA) is 81.6 Å². The SMILES string of the molecule is CC(C)(C)OC(=O)N(N)c1ccccc1N. The first-order valence-electron chi connectivity index (χ1n) is 4.93. The van der Waals surface area contributed by atoms with Crippen LogP contribution in [0, 0.1) is 0 Å². The Bertz CT molecular complexity index is 385. The van der Waals surface area contributed by atoms with E-state index < -0.39 is 11.7 Å². The van der Waals surface area contributed by atoms with Gasteiger partial charge in [0.25, 0.3) is 0 Å². The number of rotatable bonds is 1. The minimum atomic E-state index is -0.634. The number of amides is 1. The van der Waals surface area contributed by atoms with Crippen molar-refractivity contribution in [2.75, 3.05) is 10.7 Å². The molecule has 0 aliphatic carbocycles. The smallest absolute Gasteiger partial charge is 0.429 e. The molecular weight excluding hydrogens is 206 g/mol. The van der Waals surface area contributed by atoms with Crippen LogP contribution in [0.5, 0.6) is 0 Å². The van der Waals surface area contributed by atoms with Crippen molar-refractivity contribution in [1.82, 2.24) is 0 Å². The van der Waals surface area contributed by atoms with Crippen LogP contribution in [0.2, 0.25) is 0 Å². The summed E-state index contributed by atoms with van der Waals surface area (Å²) in [5, 5.41) is 0.903. The van der Waals surface area contributed by atoms with E-state index in [1.165, 1.54) is 0 Å². The maximum atomic E-state index is 11.6. The quantitative estimate of drug-likeness (QED) is 0.329. The van der Waals surface area contributed by atoms with Gasteiger partial charge in [-0.15, -0.1) is 0 Å². The number of hydrogen-bond donors (Lipinski definition) is 2. The van der Waals surface area contributed by atoms with E-state index in [1.807, 2.05) is 0 Å². The number of ether oxygens (including phenoxy) is 1. The summed E-state index contributed by atoms with van der Waals surface area (Å²) in [5.74, 6) is 5.63. The summed E-state index contributed by atoms with van der Waals surface area (Å²) in [6, 6.07) is 6.83. The van der Waals surface area contributed by atoms with Gasteiger partial charge in [-0.3, -0.25) is 0 Å². The second kappa shape index (κ2) is 4.40. The number of hydrazine groups is 1. The molecule has 0 bridgehead atoms. The average molecular weight is 223 g/mol. The van der Waals surface area contributed by atoms with Crippen molar-refractivity contribution in [3.05, 3.63) is 24.3 Å². The van der Waals surface area contributed by atoms with Gasteiger partial charge in [-0.1, -0.05) is 12.1 Å². The van der Waals surface area contributed by atoms with Gasteiger partial charge in [0.15, 0.2) is 0 Å². The zero-order valence-corrected chi connectivity index (χ0v) is 9.73. The molecule has 0 atom stereocenters. The van der Waals surface area contributed by atoms with E-state index in [-0.39, 0.29) is 0 Å². The van der Waals surface area contributed by atoms with Crippen LogP contribution in [0.1, 0.15) is 20.8 Å². The van der Waals surface area contributed by atoms with Crippen LogP contribution in [-0.2, 0) is 4.74 Å². The van der Waals surface area contributed by atoms with Crippen molar-refractivity contribution in [2.24, 2.45) is 5.84 Å². The van der Waals surface area contributed by atoms with Crippen molar-refractivity contribution in [2.45, 2.75) is 26.4 Å². The summed E-state index contributed by atoms with van der Waals surface area (Å²) in [4.78, 5) is 11.6. The maximum Gasteiger partial charge on any atom is 0.429 e. The van der Waals surface area contributed by atoms with Gasteiger partial charge < -0.3 is 10.5 Å². The van der Waals surface area contributed by atoms with Gasteiger partial charge in [-0.25, -0.2) is 15.6 Å². The Labute approximate surface area is 94.9 Å². The first kappa shape index (κ1) is 12.3. The Balaban J connectivity index is 2.83. The fourth-order valence-corrected chi connectivity index (χ4v) is 1.12. The second-order valence-electron chi connectivity index (χ2n) is 4.41. The second-order valence-corrected chi connectivity index (χ2v) is 4.41. The van der Waals surface area contributed by atoms with E-state index in [1.54, 1.807) is 45.0 Å². The molecule has 1 aromatic rings. The Morgan fingerprint density at radius 2 is 1.88 bits per heavy atom. The fourth-order valence-electron chi connectivity index (χ4n) is 1.12. The number of para-hydroxylation sites is 2. The minimum absolute atomic E-state index is 0.427. The number of carbonyl (C=O) groups is 1. The van der Waals surface area contributed by atoms with E-state index >= 15 is 0 Å². The van der Waals surface area contributed by atoms with Gasteiger partial charge in [-0.2, -0.15) is 0 Å². The van der Waals surface area contributed by atoms with Crippen molar-refractivity contribution in [3.8, 4) is 0 Å². The van der Waals surface area contributed by atoms with Crippen LogP contribution in [0.15, 0.2) is 24.3 Å². The highest BCUT2D eigenvalue weighted by Gasteiger charge is 2.22. The monoisotopic (exact) mass is 223 g/mol. The number of hydrogen-bond acceptors (Lipinski definition) is 4. The lowest BCUT2D eigenvalue weighted by atomic mass is 10.2. The molecule has 0 spiro atoms. The van der Waals surface area contributed by atoms with Gasteiger partial charge in [0.2, 0.25) is 0 Å². The molecule has 16 heavy (non-hydrogen) atoms. The molecule has 0 saturated heterocycles. The number of nitrogens with zero attached hydrogens (tertiary/aromatic N) is 1. The summed E-state index contributed by atoms with van der Waals surface area (Å²) in [6.07, 6.45) is -0.634. The molecule has 0 fully saturated rings. The molecule has 5 heteroatoms. The van der Waals surface area contributed by atoms with E-state index in [0.717, 1.165) is 5.01 Å². The summed E-state index contributed by atoms with van der Waals surface area (Å²) >= 11 is 0. The van der Waals surface area contributed by atoms with Crippen LogP contribution >= 0.6 is 0 Å². The van der Waals surface area contributed by atoms with E-state index in [9.17, 15) is 4.79 Å². The van der Waals surface area contributed by atoms with Crippen LogP contribution < -0.4 is 16.6 Å². The van der Waals surface area contributed by atoms with Crippen molar-refractivity contribution in [3.63, 3.8) is 0 Å². The van der Waals surface area contributed by atoms with Gasteiger partial charge in [0.05, 0.1) is 11.4 Å². The zero-order valence-electron chi connectivity index (χ0n) is 9.73. The van der Waals surface area contributed by atoms with Crippen molar-refractivity contribution >= 4 is 17.5 Å². The molecule has 0 unspecified atom stereocenters. The molecule has 0 radical (unpaired) electrons. The lowest BCUT2D eigenvalue weighted by Gasteiger charge is -2.24. The molecule has 1 amide bonds. The number of anilines is 2. The van der Waals surface area contributed by atoms with Crippen molar-refractivity contribution in [1.29, 1.82) is 0 Å². The molecule has 1 rings (SSSR count). The molecule has 1 aromatic carbocycles. The first-order valence-corrected chi connectivity index (χ1v) is 4.93. The molecule has 4 N–H and O–H groups in total. The predicted octanol–water partition coefficient (Wildman–Crippen LogP) is 1.88. The summed E-state index contributed by atoms with van der Waals surface area (Å²) < 4.78 is 5.12.